The van der Waals surface area contributed by atoms with Crippen LogP contribution in [0.2, 0.25) is 0 Å². The number of halogens is 1. The third kappa shape index (κ3) is 5.26. The Balaban J connectivity index is 2.60. The van der Waals surface area contributed by atoms with E-state index in [4.69, 9.17) is 0 Å². The number of unbranched alkanes of at least 4 members (excludes halogenated alkanes) is 1. The number of anilines is 1. The van der Waals surface area contributed by atoms with E-state index in [9.17, 15) is 14.9 Å². The summed E-state index contributed by atoms with van der Waals surface area (Å²) < 4.78 is 0.497. The van der Waals surface area contributed by atoms with Gasteiger partial charge in [-0.25, -0.2) is 0 Å². The first-order valence-electron chi connectivity index (χ1n) is 6.36. The highest BCUT2D eigenvalue weighted by molar-refractivity contribution is 9.10. The number of hydrogen-bond donors (Lipinski definition) is 1. The Bertz CT molecular complexity index is 494. The predicted molar refractivity (Wildman–Crippen MR) is 81.8 cm³/mol. The van der Waals surface area contributed by atoms with Crippen molar-refractivity contribution in [2.24, 2.45) is 0 Å². The number of carbonyl (C=O) groups excluding carboxylic acids is 1. The second-order valence-corrected chi connectivity index (χ2v) is 5.42. The molecule has 1 N–H and O–H groups in total. The van der Waals surface area contributed by atoms with Gasteiger partial charge >= 0.3 is 0 Å². The van der Waals surface area contributed by atoms with Crippen LogP contribution in [0.5, 0.6) is 0 Å². The van der Waals surface area contributed by atoms with Crippen LogP contribution in [-0.4, -0.2) is 35.9 Å². The molecule has 0 radical (unpaired) electrons. The van der Waals surface area contributed by atoms with Crippen LogP contribution >= 0.6 is 15.9 Å². The number of nitrogens with zero attached hydrogens (tertiary/aromatic N) is 2. The van der Waals surface area contributed by atoms with Crippen LogP contribution < -0.4 is 5.32 Å². The molecule has 0 aliphatic rings. The lowest BCUT2D eigenvalue weighted by Gasteiger charge is -2.16. The maximum Gasteiger partial charge on any atom is 0.270 e. The normalized spacial score (nSPS) is 10.6. The lowest BCUT2D eigenvalue weighted by Crippen LogP contribution is -2.30. The topological polar surface area (TPSA) is 75.5 Å². The molecule has 1 aromatic carbocycles. The molecule has 7 heteroatoms. The zero-order chi connectivity index (χ0) is 15.1. The molecule has 0 unspecified atom stereocenters. The van der Waals surface area contributed by atoms with Gasteiger partial charge < -0.3 is 5.32 Å². The predicted octanol–water partition coefficient (Wildman–Crippen LogP) is 3.03. The lowest BCUT2D eigenvalue weighted by molar-refractivity contribution is -0.384. The summed E-state index contributed by atoms with van der Waals surface area (Å²) in [4.78, 5) is 23.9. The zero-order valence-corrected chi connectivity index (χ0v) is 13.1. The van der Waals surface area contributed by atoms with E-state index in [1.165, 1.54) is 18.2 Å². The molecule has 1 rings (SSSR count). The van der Waals surface area contributed by atoms with Crippen LogP contribution in [0.4, 0.5) is 11.4 Å². The van der Waals surface area contributed by atoms with Crippen molar-refractivity contribution < 1.29 is 9.72 Å². The van der Waals surface area contributed by atoms with Crippen molar-refractivity contribution in [1.82, 2.24) is 4.90 Å². The van der Waals surface area contributed by atoms with Gasteiger partial charge in [-0.3, -0.25) is 19.8 Å². The van der Waals surface area contributed by atoms with Crippen LogP contribution in [0.3, 0.4) is 0 Å². The van der Waals surface area contributed by atoms with E-state index in [0.29, 0.717) is 16.7 Å². The molecule has 0 heterocycles. The summed E-state index contributed by atoms with van der Waals surface area (Å²) >= 11 is 3.22. The Morgan fingerprint density at radius 2 is 2.20 bits per heavy atom. The summed E-state index contributed by atoms with van der Waals surface area (Å²) in [6.07, 6.45) is 2.13. The molecule has 0 aliphatic heterocycles. The minimum atomic E-state index is -0.477. The number of nitro benzene ring substituents is 1. The number of nitrogens with one attached hydrogen (secondary N) is 1. The van der Waals surface area contributed by atoms with E-state index < -0.39 is 4.92 Å². The lowest BCUT2D eigenvalue weighted by atomic mass is 10.3. The fraction of sp³-hybridized carbons (Fsp3) is 0.462. The van der Waals surface area contributed by atoms with E-state index in [2.05, 4.69) is 28.2 Å². The molecule has 0 saturated heterocycles. The molecule has 20 heavy (non-hydrogen) atoms. The quantitative estimate of drug-likeness (QED) is 0.609. The van der Waals surface area contributed by atoms with Crippen molar-refractivity contribution in [2.75, 3.05) is 25.5 Å². The van der Waals surface area contributed by atoms with E-state index in [-0.39, 0.29) is 11.6 Å². The van der Waals surface area contributed by atoms with E-state index in [1.54, 1.807) is 0 Å². The monoisotopic (exact) mass is 343 g/mol. The van der Waals surface area contributed by atoms with Gasteiger partial charge in [-0.1, -0.05) is 13.3 Å². The van der Waals surface area contributed by atoms with E-state index >= 15 is 0 Å². The number of non-ortho nitro benzene ring substituents is 1. The van der Waals surface area contributed by atoms with Crippen LogP contribution in [0.15, 0.2) is 22.7 Å². The zero-order valence-electron chi connectivity index (χ0n) is 11.6. The van der Waals surface area contributed by atoms with Crippen molar-refractivity contribution in [2.45, 2.75) is 19.8 Å². The molecule has 0 aliphatic carbocycles. The Morgan fingerprint density at radius 1 is 1.50 bits per heavy atom. The first kappa shape index (κ1) is 16.6. The van der Waals surface area contributed by atoms with Crippen molar-refractivity contribution in [1.29, 1.82) is 0 Å². The second kappa shape index (κ2) is 7.96. The van der Waals surface area contributed by atoms with E-state index in [0.717, 1.165) is 19.4 Å². The van der Waals surface area contributed by atoms with Crippen LogP contribution in [0.25, 0.3) is 0 Å². The summed E-state index contributed by atoms with van der Waals surface area (Å²) in [5.41, 5.74) is 0.513. The molecule has 0 saturated carbocycles. The van der Waals surface area contributed by atoms with Gasteiger partial charge in [0.2, 0.25) is 5.91 Å². The maximum absolute atomic E-state index is 11.8. The summed E-state index contributed by atoms with van der Waals surface area (Å²) in [5, 5.41) is 13.4. The first-order chi connectivity index (χ1) is 9.43. The Labute approximate surface area is 126 Å². The first-order valence-corrected chi connectivity index (χ1v) is 7.15. The summed E-state index contributed by atoms with van der Waals surface area (Å²) in [6, 6.07) is 4.25. The molecule has 0 bridgehead atoms. The van der Waals surface area contributed by atoms with Crippen molar-refractivity contribution in [3.63, 3.8) is 0 Å². The van der Waals surface area contributed by atoms with E-state index in [1.807, 2.05) is 11.9 Å². The van der Waals surface area contributed by atoms with Gasteiger partial charge in [0.05, 0.1) is 17.2 Å². The van der Waals surface area contributed by atoms with Gasteiger partial charge in [-0.2, -0.15) is 0 Å². The Kier molecular flexibility index (Phi) is 6.60. The fourth-order valence-electron chi connectivity index (χ4n) is 1.66. The standard InChI is InChI=1S/C13H18BrN3O3/c1-3-4-7-16(2)9-13(18)15-12-6-5-10(17(19)20)8-11(12)14/h5-6,8H,3-4,7,9H2,1-2H3,(H,15,18). The van der Waals surface area contributed by atoms with Crippen LogP contribution in [0.1, 0.15) is 19.8 Å². The van der Waals surface area contributed by atoms with Crippen LogP contribution in [-0.2, 0) is 4.79 Å². The van der Waals surface area contributed by atoms with Crippen molar-refractivity contribution in [3.05, 3.63) is 32.8 Å². The molecular formula is C13H18BrN3O3. The van der Waals surface area contributed by atoms with Gasteiger partial charge in [0.25, 0.3) is 5.69 Å². The maximum atomic E-state index is 11.8. The molecule has 0 fully saturated rings. The summed E-state index contributed by atoms with van der Waals surface area (Å²) in [6.45, 7) is 3.26. The third-order valence-corrected chi connectivity index (χ3v) is 3.40. The number of likely N-dealkylation sites (N-methyl/N-ethyl adjacent to an activating group) is 1. The molecule has 1 amide bonds. The molecule has 0 aromatic heterocycles. The summed E-state index contributed by atoms with van der Waals surface area (Å²) in [5.74, 6) is -0.141. The summed E-state index contributed by atoms with van der Waals surface area (Å²) in [7, 11) is 1.89. The molecule has 0 spiro atoms. The molecule has 6 nitrogen and oxygen atoms in total. The smallest absolute Gasteiger partial charge is 0.270 e. The fourth-order valence-corrected chi connectivity index (χ4v) is 2.13. The molecular weight excluding hydrogens is 326 g/mol. The number of carbonyl (C=O) groups is 1. The van der Waals surface area contributed by atoms with Crippen molar-refractivity contribution >= 4 is 33.2 Å². The average Bonchev–Trinajstić information content (AvgIpc) is 2.38. The number of rotatable bonds is 7. The minimum Gasteiger partial charge on any atom is -0.324 e. The van der Waals surface area contributed by atoms with Crippen LogP contribution in [0, 0.1) is 10.1 Å². The Hall–Kier alpha value is -1.47. The van der Waals surface area contributed by atoms with Crippen molar-refractivity contribution in [3.8, 4) is 0 Å². The number of hydrogen-bond acceptors (Lipinski definition) is 4. The van der Waals surface area contributed by atoms with Gasteiger partial charge in [0, 0.05) is 16.6 Å². The largest absolute Gasteiger partial charge is 0.324 e. The molecule has 1 aromatic rings. The number of nitro groups is 1. The van der Waals surface area contributed by atoms with Gasteiger partial charge in [0.1, 0.15) is 0 Å². The minimum absolute atomic E-state index is 0.0186. The Morgan fingerprint density at radius 3 is 2.75 bits per heavy atom. The highest BCUT2D eigenvalue weighted by Gasteiger charge is 2.12. The third-order valence-electron chi connectivity index (χ3n) is 2.74. The number of amides is 1. The molecule has 110 valence electrons. The highest BCUT2D eigenvalue weighted by Crippen LogP contribution is 2.26. The molecule has 0 atom stereocenters. The van der Waals surface area contributed by atoms with Gasteiger partial charge in [0.15, 0.2) is 0 Å². The average molecular weight is 344 g/mol. The van der Waals surface area contributed by atoms with Gasteiger partial charge in [-0.05, 0) is 42.0 Å². The highest BCUT2D eigenvalue weighted by atomic mass is 79.9. The SMILES string of the molecule is CCCCN(C)CC(=O)Nc1ccc([N+](=O)[O-])cc1Br. The van der Waals surface area contributed by atoms with Gasteiger partial charge in [-0.15, -0.1) is 0 Å². The second-order valence-electron chi connectivity index (χ2n) is 4.56. The number of benzene rings is 1.